The first-order valence-corrected chi connectivity index (χ1v) is 13.6. The fourth-order valence-corrected chi connectivity index (χ4v) is 5.75. The lowest BCUT2D eigenvalue weighted by atomic mass is 9.84. The molecule has 0 spiro atoms. The molecular formula is C32H10F16N2O2. The van der Waals surface area contributed by atoms with Crippen LogP contribution in [0.1, 0.15) is 28.2 Å². The molecule has 1 aliphatic rings. The fourth-order valence-electron chi connectivity index (χ4n) is 5.75. The molecule has 4 nitrogen and oxygen atoms in total. The quantitative estimate of drug-likeness (QED) is 0.190. The molecule has 0 bridgehead atoms. The van der Waals surface area contributed by atoms with Crippen LogP contribution in [0.25, 0.3) is 33.4 Å². The van der Waals surface area contributed by atoms with E-state index in [1.165, 1.54) is 12.1 Å². The van der Waals surface area contributed by atoms with Crippen molar-refractivity contribution in [1.29, 1.82) is 10.5 Å². The van der Waals surface area contributed by atoms with Crippen molar-refractivity contribution >= 4 is 0 Å². The molecule has 4 aromatic carbocycles. The van der Waals surface area contributed by atoms with Crippen molar-refractivity contribution in [3.8, 4) is 57.0 Å². The molecule has 0 atom stereocenters. The molecule has 0 radical (unpaired) electrons. The Bertz CT molecular complexity index is 1990. The van der Waals surface area contributed by atoms with Crippen LogP contribution in [0.15, 0.2) is 48.5 Å². The summed E-state index contributed by atoms with van der Waals surface area (Å²) in [5, 5.41) is 19.3. The van der Waals surface area contributed by atoms with Gasteiger partial charge in [-0.05, 0) is 81.9 Å². The lowest BCUT2D eigenvalue weighted by Gasteiger charge is -2.19. The number of rotatable bonds is 5. The van der Waals surface area contributed by atoms with Gasteiger partial charge in [-0.15, -0.1) is 26.3 Å². The summed E-state index contributed by atoms with van der Waals surface area (Å²) in [6.45, 7) is 0. The zero-order valence-electron chi connectivity index (χ0n) is 24.5. The molecule has 272 valence electrons. The van der Waals surface area contributed by atoms with Gasteiger partial charge in [0.15, 0.2) is 0 Å². The number of nitriles is 2. The van der Waals surface area contributed by atoms with Gasteiger partial charge in [-0.2, -0.15) is 36.9 Å². The van der Waals surface area contributed by atoms with E-state index in [2.05, 4.69) is 9.47 Å². The van der Waals surface area contributed by atoms with Gasteiger partial charge in [0.2, 0.25) is 0 Å². The van der Waals surface area contributed by atoms with Crippen LogP contribution in [0.5, 0.6) is 11.5 Å². The van der Waals surface area contributed by atoms with Crippen LogP contribution in [0.4, 0.5) is 70.2 Å². The monoisotopic (exact) mass is 758 g/mol. The van der Waals surface area contributed by atoms with Crippen LogP contribution in [0.3, 0.4) is 0 Å². The minimum atomic E-state index is -5.62. The minimum absolute atomic E-state index is 0.0168. The third kappa shape index (κ3) is 7.10. The predicted octanol–water partition coefficient (Wildman–Crippen LogP) is 11.2. The van der Waals surface area contributed by atoms with Crippen molar-refractivity contribution in [2.24, 2.45) is 5.92 Å². The summed E-state index contributed by atoms with van der Waals surface area (Å²) in [5.74, 6) is -15.7. The largest absolute Gasteiger partial charge is 0.573 e. The third-order valence-corrected chi connectivity index (χ3v) is 7.60. The molecule has 0 amide bonds. The number of fused-ring (bicyclic) bond motifs is 3. The number of ether oxygens (including phenoxy) is 2. The summed E-state index contributed by atoms with van der Waals surface area (Å²) in [6, 6.07) is 4.97. The summed E-state index contributed by atoms with van der Waals surface area (Å²) >= 11 is 0. The summed E-state index contributed by atoms with van der Waals surface area (Å²) in [4.78, 5) is 0. The number of halogens is 16. The number of alkyl halides is 12. The molecular weight excluding hydrogens is 748 g/mol. The van der Waals surface area contributed by atoms with E-state index in [1.807, 2.05) is 0 Å². The molecule has 0 N–H and O–H groups in total. The van der Waals surface area contributed by atoms with Crippen molar-refractivity contribution < 1.29 is 79.7 Å². The van der Waals surface area contributed by atoms with Crippen molar-refractivity contribution in [2.45, 2.75) is 31.0 Å². The average molecular weight is 758 g/mol. The van der Waals surface area contributed by atoms with Gasteiger partial charge in [-0.3, -0.25) is 0 Å². The lowest BCUT2D eigenvalue weighted by Crippen LogP contribution is -2.18. The maximum atomic E-state index is 14.6. The molecule has 5 rings (SSSR count). The maximum absolute atomic E-state index is 14.6. The van der Waals surface area contributed by atoms with Gasteiger partial charge >= 0.3 is 25.1 Å². The summed E-state index contributed by atoms with van der Waals surface area (Å²) < 4.78 is 227. The average Bonchev–Trinajstić information content (AvgIpc) is 3.25. The number of hydrogen-bond acceptors (Lipinski definition) is 4. The summed E-state index contributed by atoms with van der Waals surface area (Å²) in [5.41, 5.74) is -10.8. The van der Waals surface area contributed by atoms with Gasteiger partial charge in [0, 0.05) is 17.0 Å². The molecule has 20 heteroatoms. The highest BCUT2D eigenvalue weighted by Crippen LogP contribution is 2.55. The van der Waals surface area contributed by atoms with E-state index in [0.29, 0.717) is 24.3 Å². The zero-order chi connectivity index (χ0) is 38.9. The summed E-state index contributed by atoms with van der Waals surface area (Å²) in [6.07, 6.45) is -22.5. The maximum Gasteiger partial charge on any atom is 0.573 e. The third-order valence-electron chi connectivity index (χ3n) is 7.60. The van der Waals surface area contributed by atoms with Gasteiger partial charge < -0.3 is 9.47 Å². The molecule has 0 heterocycles. The number of hydrogen-bond donors (Lipinski definition) is 0. The van der Waals surface area contributed by atoms with E-state index in [9.17, 15) is 80.8 Å². The van der Waals surface area contributed by atoms with Crippen molar-refractivity contribution in [2.75, 3.05) is 0 Å². The first-order valence-electron chi connectivity index (χ1n) is 13.6. The van der Waals surface area contributed by atoms with Crippen molar-refractivity contribution in [3.05, 3.63) is 94.1 Å². The van der Waals surface area contributed by atoms with Gasteiger partial charge in [0.05, 0.1) is 12.1 Å². The lowest BCUT2D eigenvalue weighted by molar-refractivity contribution is -0.275. The van der Waals surface area contributed by atoms with Crippen LogP contribution < -0.4 is 9.47 Å². The molecule has 0 aliphatic heterocycles. The second-order valence-electron chi connectivity index (χ2n) is 10.8. The van der Waals surface area contributed by atoms with E-state index in [4.69, 9.17) is 0 Å². The Hall–Kier alpha value is -5.66. The second kappa shape index (κ2) is 12.5. The van der Waals surface area contributed by atoms with Crippen LogP contribution in [-0.4, -0.2) is 12.7 Å². The minimum Gasteiger partial charge on any atom is -0.405 e. The van der Waals surface area contributed by atoms with Crippen molar-refractivity contribution in [3.63, 3.8) is 0 Å². The fraction of sp³-hybridized carbons (Fsp3) is 0.188. The van der Waals surface area contributed by atoms with E-state index < -0.39 is 127 Å². The number of nitrogens with zero attached hydrogens (tertiary/aromatic N) is 2. The Morgan fingerprint density at radius 1 is 0.481 bits per heavy atom. The highest BCUT2D eigenvalue weighted by atomic mass is 19.4. The molecule has 4 aromatic rings. The highest BCUT2D eigenvalue weighted by Gasteiger charge is 2.43. The van der Waals surface area contributed by atoms with Gasteiger partial charge in [0.25, 0.3) is 0 Å². The first kappa shape index (κ1) is 37.6. The Morgan fingerprint density at radius 2 is 0.788 bits per heavy atom. The van der Waals surface area contributed by atoms with Crippen LogP contribution in [0, 0.1) is 51.8 Å². The predicted molar refractivity (Wildman–Crippen MR) is 143 cm³/mol. The van der Waals surface area contributed by atoms with E-state index in [1.54, 1.807) is 0 Å². The highest BCUT2D eigenvalue weighted by molar-refractivity contribution is 5.90. The Labute approximate surface area is 278 Å². The molecule has 1 aliphatic carbocycles. The molecule has 0 saturated heterocycles. The van der Waals surface area contributed by atoms with E-state index in [-0.39, 0.29) is 24.3 Å². The van der Waals surface area contributed by atoms with Crippen LogP contribution in [-0.2, 0) is 12.4 Å². The standard InChI is InChI=1S/C32H10F16N2O2/c33-20-1-11(2-21(34)27(20)29(37,38)39)14-5-16-17-6-15(12-3-22(35)28(23(36)4-12)30(40,41)42)25(52-32(46,47)48)8-19(17)26(13(9-49)10-50)18(16)7-24(14)51-31(43,44)45/h1-8,13,26H. The van der Waals surface area contributed by atoms with E-state index >= 15 is 0 Å². The molecule has 0 saturated carbocycles. The Morgan fingerprint density at radius 3 is 1.04 bits per heavy atom. The molecule has 0 aromatic heterocycles. The normalized spacial score (nSPS) is 13.4. The van der Waals surface area contributed by atoms with Gasteiger partial charge in [-0.25, -0.2) is 17.6 Å². The molecule has 0 unspecified atom stereocenters. The van der Waals surface area contributed by atoms with Crippen LogP contribution >= 0.6 is 0 Å². The van der Waals surface area contributed by atoms with Crippen LogP contribution in [0.2, 0.25) is 0 Å². The molecule has 0 fully saturated rings. The smallest absolute Gasteiger partial charge is 0.405 e. The van der Waals surface area contributed by atoms with Gasteiger partial charge in [0.1, 0.15) is 51.8 Å². The molecule has 52 heavy (non-hydrogen) atoms. The van der Waals surface area contributed by atoms with Crippen molar-refractivity contribution in [1.82, 2.24) is 0 Å². The number of benzene rings is 4. The Kier molecular flexibility index (Phi) is 9.06. The van der Waals surface area contributed by atoms with E-state index in [0.717, 1.165) is 0 Å². The SMILES string of the molecule is N#CC(C#N)C1c2cc(OC(F)(F)F)c(-c3cc(F)c(C(F)(F)F)c(F)c3)cc2-c2cc(-c3cc(F)c(C(F)(F)F)c(F)c3)c(OC(F)(F)F)cc21. The zero-order valence-corrected chi connectivity index (χ0v) is 24.5. The topological polar surface area (TPSA) is 66.0 Å². The second-order valence-corrected chi connectivity index (χ2v) is 10.8. The Balaban J connectivity index is 1.88. The summed E-state index contributed by atoms with van der Waals surface area (Å²) in [7, 11) is 0. The van der Waals surface area contributed by atoms with Gasteiger partial charge in [-0.1, -0.05) is 0 Å². The first-order chi connectivity index (χ1) is 23.8.